The number of carbonyl (C=O) groups excluding carboxylic acids is 2. The van der Waals surface area contributed by atoms with Gasteiger partial charge in [0.05, 0.1) is 13.0 Å². The number of esters is 1. The number of benzene rings is 1. The number of halogens is 1. The van der Waals surface area contributed by atoms with Crippen molar-refractivity contribution in [1.29, 1.82) is 0 Å². The molecular weight excluding hydrogens is 328 g/mol. The summed E-state index contributed by atoms with van der Waals surface area (Å²) < 4.78 is 4.94. The van der Waals surface area contributed by atoms with Crippen LogP contribution in [0.25, 0.3) is 0 Å². The Hall–Kier alpha value is -2.40. The number of ether oxygens (including phenoxy) is 1. The number of hydrogen-bond acceptors (Lipinski definition) is 4. The molecule has 126 valence electrons. The smallest absolute Gasteiger partial charge is 0.307 e. The summed E-state index contributed by atoms with van der Waals surface area (Å²) in [6, 6.07) is 10.6. The summed E-state index contributed by atoms with van der Waals surface area (Å²) in [5.74, 6) is -0.474. The van der Waals surface area contributed by atoms with Crippen molar-refractivity contribution in [3.8, 4) is 0 Å². The van der Waals surface area contributed by atoms with Gasteiger partial charge in [-0.25, -0.2) is 0 Å². The van der Waals surface area contributed by atoms with Crippen LogP contribution in [0.15, 0.2) is 48.8 Å². The van der Waals surface area contributed by atoms with Crippen molar-refractivity contribution in [3.63, 3.8) is 0 Å². The quantitative estimate of drug-likeness (QED) is 0.721. The van der Waals surface area contributed by atoms with Gasteiger partial charge in [0, 0.05) is 36.1 Å². The molecule has 0 aliphatic rings. The van der Waals surface area contributed by atoms with E-state index in [9.17, 15) is 9.59 Å². The summed E-state index contributed by atoms with van der Waals surface area (Å²) in [4.78, 5) is 29.9. The second-order valence-corrected chi connectivity index (χ2v) is 5.58. The highest BCUT2D eigenvalue weighted by molar-refractivity contribution is 6.30. The van der Waals surface area contributed by atoms with Crippen LogP contribution in [0.1, 0.15) is 29.3 Å². The van der Waals surface area contributed by atoms with Crippen LogP contribution >= 0.6 is 11.6 Å². The zero-order valence-corrected chi connectivity index (χ0v) is 14.2. The lowest BCUT2D eigenvalue weighted by Crippen LogP contribution is -2.33. The van der Waals surface area contributed by atoms with Gasteiger partial charge in [-0.2, -0.15) is 0 Å². The van der Waals surface area contributed by atoms with E-state index in [4.69, 9.17) is 16.3 Å². The third-order valence-corrected chi connectivity index (χ3v) is 3.64. The lowest BCUT2D eigenvalue weighted by atomic mass is 10.1. The molecule has 2 rings (SSSR count). The first kappa shape index (κ1) is 17.9. The molecule has 1 heterocycles. The van der Waals surface area contributed by atoms with Crippen LogP contribution in [0.3, 0.4) is 0 Å². The maximum Gasteiger partial charge on any atom is 0.307 e. The molecule has 1 amide bonds. The maximum atomic E-state index is 12.7. The van der Waals surface area contributed by atoms with Crippen LogP contribution in [0.2, 0.25) is 5.02 Å². The molecular formula is C18H19ClN2O3. The Morgan fingerprint density at radius 1 is 1.12 bits per heavy atom. The van der Waals surface area contributed by atoms with Crippen molar-refractivity contribution in [3.05, 3.63) is 64.9 Å². The zero-order chi connectivity index (χ0) is 17.4. The average molecular weight is 347 g/mol. The lowest BCUT2D eigenvalue weighted by Gasteiger charge is -2.22. The van der Waals surface area contributed by atoms with E-state index in [-0.39, 0.29) is 24.8 Å². The van der Waals surface area contributed by atoms with Crippen LogP contribution in [0.4, 0.5) is 0 Å². The standard InChI is InChI=1S/C18H19ClN2O3/c1-2-24-17(22)9-12-21(13-14-3-5-16(19)6-4-14)18(23)15-7-10-20-11-8-15/h3-8,10-11H,2,9,12-13H2,1H3. The van der Waals surface area contributed by atoms with Crippen molar-refractivity contribution in [2.75, 3.05) is 13.2 Å². The second kappa shape index (κ2) is 9.03. The highest BCUT2D eigenvalue weighted by Crippen LogP contribution is 2.14. The summed E-state index contributed by atoms with van der Waals surface area (Å²) in [6.07, 6.45) is 3.29. The summed E-state index contributed by atoms with van der Waals surface area (Å²) in [5.41, 5.74) is 1.47. The minimum atomic E-state index is -0.318. The predicted molar refractivity (Wildman–Crippen MR) is 91.7 cm³/mol. The molecule has 0 spiro atoms. The number of hydrogen-bond donors (Lipinski definition) is 0. The van der Waals surface area contributed by atoms with Gasteiger partial charge in [0.1, 0.15) is 0 Å². The summed E-state index contributed by atoms with van der Waals surface area (Å²) in [6.45, 7) is 2.75. The monoisotopic (exact) mass is 346 g/mol. The minimum Gasteiger partial charge on any atom is -0.466 e. The Morgan fingerprint density at radius 3 is 2.42 bits per heavy atom. The van der Waals surface area contributed by atoms with E-state index in [1.54, 1.807) is 48.5 Å². The van der Waals surface area contributed by atoms with E-state index in [1.807, 2.05) is 12.1 Å². The molecule has 0 aliphatic carbocycles. The molecule has 5 nitrogen and oxygen atoms in total. The number of nitrogens with zero attached hydrogens (tertiary/aromatic N) is 2. The van der Waals surface area contributed by atoms with E-state index < -0.39 is 0 Å². The molecule has 0 N–H and O–H groups in total. The molecule has 24 heavy (non-hydrogen) atoms. The van der Waals surface area contributed by atoms with Crippen LogP contribution < -0.4 is 0 Å². The third-order valence-electron chi connectivity index (χ3n) is 3.39. The largest absolute Gasteiger partial charge is 0.466 e. The van der Waals surface area contributed by atoms with Gasteiger partial charge in [0.2, 0.25) is 0 Å². The molecule has 0 atom stereocenters. The summed E-state index contributed by atoms with van der Waals surface area (Å²) in [7, 11) is 0. The van der Waals surface area contributed by atoms with Gasteiger partial charge >= 0.3 is 5.97 Å². The van der Waals surface area contributed by atoms with E-state index in [0.29, 0.717) is 23.7 Å². The fourth-order valence-electron chi connectivity index (χ4n) is 2.20. The fraction of sp³-hybridized carbons (Fsp3) is 0.278. The molecule has 6 heteroatoms. The number of pyridine rings is 1. The number of carbonyl (C=O) groups is 2. The van der Waals surface area contributed by atoms with E-state index in [2.05, 4.69) is 4.98 Å². The topological polar surface area (TPSA) is 59.5 Å². The molecule has 0 bridgehead atoms. The number of amides is 1. The Morgan fingerprint density at radius 2 is 1.79 bits per heavy atom. The van der Waals surface area contributed by atoms with Gasteiger partial charge in [0.15, 0.2) is 0 Å². The van der Waals surface area contributed by atoms with Crippen LogP contribution in [-0.4, -0.2) is 34.9 Å². The highest BCUT2D eigenvalue weighted by Gasteiger charge is 2.17. The van der Waals surface area contributed by atoms with Crippen molar-refractivity contribution in [2.24, 2.45) is 0 Å². The zero-order valence-electron chi connectivity index (χ0n) is 13.4. The van der Waals surface area contributed by atoms with Crippen LogP contribution in [0.5, 0.6) is 0 Å². The van der Waals surface area contributed by atoms with Crippen LogP contribution in [0, 0.1) is 0 Å². The molecule has 0 fully saturated rings. The van der Waals surface area contributed by atoms with Crippen LogP contribution in [-0.2, 0) is 16.1 Å². The van der Waals surface area contributed by atoms with Gasteiger partial charge in [-0.1, -0.05) is 23.7 Å². The lowest BCUT2D eigenvalue weighted by molar-refractivity contribution is -0.143. The minimum absolute atomic E-state index is 0.151. The van der Waals surface area contributed by atoms with E-state index in [0.717, 1.165) is 5.56 Å². The van der Waals surface area contributed by atoms with Gasteiger partial charge in [-0.05, 0) is 36.8 Å². The second-order valence-electron chi connectivity index (χ2n) is 5.14. The summed E-state index contributed by atoms with van der Waals surface area (Å²) in [5, 5.41) is 0.636. The fourth-order valence-corrected chi connectivity index (χ4v) is 2.33. The molecule has 2 aromatic rings. The van der Waals surface area contributed by atoms with Crippen molar-refractivity contribution in [2.45, 2.75) is 19.9 Å². The number of aromatic nitrogens is 1. The SMILES string of the molecule is CCOC(=O)CCN(Cc1ccc(Cl)cc1)C(=O)c1ccncc1. The molecule has 0 radical (unpaired) electrons. The van der Waals surface area contributed by atoms with Crippen molar-refractivity contribution >= 4 is 23.5 Å². The molecule has 0 aliphatic heterocycles. The maximum absolute atomic E-state index is 12.7. The van der Waals surface area contributed by atoms with Crippen molar-refractivity contribution in [1.82, 2.24) is 9.88 Å². The number of rotatable bonds is 7. The first-order valence-electron chi connectivity index (χ1n) is 7.69. The van der Waals surface area contributed by atoms with Gasteiger partial charge in [-0.3, -0.25) is 14.6 Å². The first-order valence-corrected chi connectivity index (χ1v) is 8.07. The van der Waals surface area contributed by atoms with E-state index >= 15 is 0 Å². The Kier molecular flexibility index (Phi) is 6.75. The van der Waals surface area contributed by atoms with Gasteiger partial charge in [-0.15, -0.1) is 0 Å². The Balaban J connectivity index is 2.12. The Bertz CT molecular complexity index is 674. The predicted octanol–water partition coefficient (Wildman–Crippen LogP) is 3.33. The molecule has 1 aromatic heterocycles. The van der Waals surface area contributed by atoms with Gasteiger partial charge < -0.3 is 9.64 Å². The Labute approximate surface area is 146 Å². The normalized spacial score (nSPS) is 10.2. The molecule has 0 saturated heterocycles. The van der Waals surface area contributed by atoms with E-state index in [1.165, 1.54) is 0 Å². The summed E-state index contributed by atoms with van der Waals surface area (Å²) >= 11 is 5.90. The third kappa shape index (κ3) is 5.35. The molecule has 0 unspecified atom stereocenters. The first-order chi connectivity index (χ1) is 11.6. The van der Waals surface area contributed by atoms with Gasteiger partial charge in [0.25, 0.3) is 5.91 Å². The highest BCUT2D eigenvalue weighted by atomic mass is 35.5. The average Bonchev–Trinajstić information content (AvgIpc) is 2.60. The molecule has 0 saturated carbocycles. The molecule has 1 aromatic carbocycles. The van der Waals surface area contributed by atoms with Crippen molar-refractivity contribution < 1.29 is 14.3 Å².